The van der Waals surface area contributed by atoms with Gasteiger partial charge < -0.3 is 41.0 Å². The lowest BCUT2D eigenvalue weighted by Crippen LogP contribution is -2.53. The summed E-state index contributed by atoms with van der Waals surface area (Å²) in [5.74, 6) is -12.2. The standard InChI is InChI=1S/C40H32Cl2F6N8O8/c1-3-62-39(60)19-12-55(37-25(47)7-23(45)35(49)52-37)30-17(33(19)58)5-21(43)29(27(30)41)51-9-15(57)14-64-16-10-54(11-16)32-22(44)6-18-31(28(32)42)56(13-20(34(18)59)40(61)63-4-2)38-26(48)8-24(46)36(50)53-38/h5-8,12-13,15-16,51,57H,3-4,9-11,14H2,1-2H3,(H2,49,52)(H2,50,53). The van der Waals surface area contributed by atoms with Gasteiger partial charge in [0.05, 0.1) is 75.3 Å². The summed E-state index contributed by atoms with van der Waals surface area (Å²) in [5, 5.41) is 11.5. The lowest BCUT2D eigenvalue weighted by atomic mass is 10.1. The highest BCUT2D eigenvalue weighted by Crippen LogP contribution is 2.40. The third-order valence-electron chi connectivity index (χ3n) is 9.86. The summed E-state index contributed by atoms with van der Waals surface area (Å²) in [5.41, 5.74) is 6.40. The third-order valence-corrected chi connectivity index (χ3v) is 10.6. The molecule has 64 heavy (non-hydrogen) atoms. The predicted octanol–water partition coefficient (Wildman–Crippen LogP) is 5.42. The van der Waals surface area contributed by atoms with E-state index in [0.29, 0.717) is 18.2 Å². The van der Waals surface area contributed by atoms with Gasteiger partial charge in [-0.05, 0) is 26.0 Å². The summed E-state index contributed by atoms with van der Waals surface area (Å²) in [6, 6.07) is 2.32. The minimum Gasteiger partial charge on any atom is -0.462 e. The van der Waals surface area contributed by atoms with Crippen LogP contribution >= 0.6 is 23.2 Å². The van der Waals surface area contributed by atoms with Gasteiger partial charge in [0.25, 0.3) is 0 Å². The average Bonchev–Trinajstić information content (AvgIpc) is 3.22. The normalized spacial score (nSPS) is 13.3. The molecule has 5 heterocycles. The fourth-order valence-corrected chi connectivity index (χ4v) is 7.60. The number of pyridine rings is 4. The summed E-state index contributed by atoms with van der Waals surface area (Å²) >= 11 is 13.3. The SMILES string of the molecule is CCOC(=O)c1cn(-c2nc(N)c(F)cc2F)c2c(Cl)c(NCC(O)COC3CN(c4c(F)cc5c(=O)c(C(=O)OCC)cn(-c6nc(N)c(F)cc6F)c5c4Cl)C3)c(F)cc2c1=O. The number of nitrogens with two attached hydrogens (primary N) is 2. The van der Waals surface area contributed by atoms with E-state index in [1.165, 1.54) is 18.7 Å². The number of fused-ring (bicyclic) bond motifs is 2. The van der Waals surface area contributed by atoms with Crippen LogP contribution < -0.4 is 32.5 Å². The van der Waals surface area contributed by atoms with Crippen molar-refractivity contribution in [2.45, 2.75) is 26.1 Å². The second-order valence-corrected chi connectivity index (χ2v) is 14.8. The maximum atomic E-state index is 15.8. The zero-order valence-electron chi connectivity index (χ0n) is 33.1. The van der Waals surface area contributed by atoms with Crippen LogP contribution in [0.5, 0.6) is 0 Å². The Morgan fingerprint density at radius 3 is 1.72 bits per heavy atom. The first-order chi connectivity index (χ1) is 30.4. The molecule has 6 N–H and O–H groups in total. The minimum atomic E-state index is -1.38. The van der Waals surface area contributed by atoms with E-state index in [9.17, 15) is 33.1 Å². The second-order valence-electron chi connectivity index (χ2n) is 14.0. The number of halogens is 8. The Morgan fingerprint density at radius 1 is 0.766 bits per heavy atom. The Hall–Kier alpha value is -6.62. The van der Waals surface area contributed by atoms with Crippen LogP contribution in [0.25, 0.3) is 33.4 Å². The van der Waals surface area contributed by atoms with E-state index in [-0.39, 0.29) is 43.0 Å². The van der Waals surface area contributed by atoms with E-state index in [0.717, 1.165) is 27.6 Å². The first-order valence-corrected chi connectivity index (χ1v) is 19.6. The first kappa shape index (κ1) is 45.4. The lowest BCUT2D eigenvalue weighted by Gasteiger charge is -2.41. The fraction of sp³-hybridized carbons (Fsp3) is 0.250. The van der Waals surface area contributed by atoms with Crippen molar-refractivity contribution >= 4 is 80.0 Å². The molecule has 0 radical (unpaired) electrons. The number of carbonyl (C=O) groups excluding carboxylic acids is 2. The fourth-order valence-electron chi connectivity index (χ4n) is 6.85. The maximum absolute atomic E-state index is 15.8. The van der Waals surface area contributed by atoms with Crippen LogP contribution in [0.2, 0.25) is 10.0 Å². The number of carbonyl (C=O) groups is 2. The number of anilines is 4. The van der Waals surface area contributed by atoms with Gasteiger partial charge in [0.15, 0.2) is 46.5 Å². The van der Waals surface area contributed by atoms with Gasteiger partial charge in [-0.25, -0.2) is 45.9 Å². The van der Waals surface area contributed by atoms with Crippen molar-refractivity contribution in [2.24, 2.45) is 0 Å². The molecule has 0 aliphatic carbocycles. The van der Waals surface area contributed by atoms with Gasteiger partial charge >= 0.3 is 11.9 Å². The van der Waals surface area contributed by atoms with Gasteiger partial charge in [-0.3, -0.25) is 18.7 Å². The largest absolute Gasteiger partial charge is 0.462 e. The predicted molar refractivity (Wildman–Crippen MR) is 222 cm³/mol. The topological polar surface area (TPSA) is 219 Å². The Labute approximate surface area is 365 Å². The highest BCUT2D eigenvalue weighted by molar-refractivity contribution is 6.38. The van der Waals surface area contributed by atoms with E-state index in [1.54, 1.807) is 0 Å². The number of nitrogens with one attached hydrogen (secondary N) is 1. The van der Waals surface area contributed by atoms with Crippen LogP contribution in [-0.4, -0.2) is 87.8 Å². The summed E-state index contributed by atoms with van der Waals surface area (Å²) < 4.78 is 107. The Morgan fingerprint density at radius 2 is 1.23 bits per heavy atom. The maximum Gasteiger partial charge on any atom is 0.343 e. The van der Waals surface area contributed by atoms with Crippen molar-refractivity contribution in [2.75, 3.05) is 61.1 Å². The van der Waals surface area contributed by atoms with E-state index >= 15 is 17.6 Å². The van der Waals surface area contributed by atoms with Crippen molar-refractivity contribution in [3.8, 4) is 11.6 Å². The molecule has 1 aliphatic heterocycles. The summed E-state index contributed by atoms with van der Waals surface area (Å²) in [6.07, 6.45) is -0.341. The minimum absolute atomic E-state index is 0.0432. The van der Waals surface area contributed by atoms with Gasteiger partial charge in [0.1, 0.15) is 22.8 Å². The van der Waals surface area contributed by atoms with E-state index in [1.807, 2.05) is 0 Å². The van der Waals surface area contributed by atoms with Crippen molar-refractivity contribution in [3.63, 3.8) is 0 Å². The highest BCUT2D eigenvalue weighted by atomic mass is 35.5. The number of nitrogen functional groups attached to an aromatic ring is 2. The number of rotatable bonds is 13. The van der Waals surface area contributed by atoms with E-state index in [2.05, 4.69) is 15.3 Å². The van der Waals surface area contributed by atoms with Gasteiger partial charge in [0.2, 0.25) is 10.9 Å². The molecule has 1 unspecified atom stereocenters. The number of nitrogens with zero attached hydrogens (tertiary/aromatic N) is 5. The second kappa shape index (κ2) is 17.9. The highest BCUT2D eigenvalue weighted by Gasteiger charge is 2.34. The van der Waals surface area contributed by atoms with Gasteiger partial charge in [-0.2, -0.15) is 0 Å². The van der Waals surface area contributed by atoms with Crippen molar-refractivity contribution in [1.29, 1.82) is 0 Å². The first-order valence-electron chi connectivity index (χ1n) is 18.9. The van der Waals surface area contributed by atoms with Crippen molar-refractivity contribution < 1.29 is 55.2 Å². The molecule has 1 fully saturated rings. The molecular formula is C40H32Cl2F6N8O8. The van der Waals surface area contributed by atoms with E-state index in [4.69, 9.17) is 48.9 Å². The average molecular weight is 938 g/mol. The number of hydrogen-bond acceptors (Lipinski definition) is 14. The molecule has 0 amide bonds. The number of aliphatic hydroxyl groups excluding tert-OH is 1. The molecular weight excluding hydrogens is 905 g/mol. The van der Waals surface area contributed by atoms with Gasteiger partial charge in [0, 0.05) is 44.2 Å². The summed E-state index contributed by atoms with van der Waals surface area (Å²) in [4.78, 5) is 61.0. The monoisotopic (exact) mass is 936 g/mol. The smallest absolute Gasteiger partial charge is 0.343 e. The quantitative estimate of drug-likeness (QED) is 0.0840. The molecule has 7 rings (SSSR count). The number of aliphatic hydroxyl groups is 1. The van der Waals surface area contributed by atoms with Crippen LogP contribution in [0.3, 0.4) is 0 Å². The molecule has 1 saturated heterocycles. The van der Waals surface area contributed by atoms with Crippen LogP contribution in [-0.2, 0) is 14.2 Å². The molecule has 1 atom stereocenters. The van der Waals surface area contributed by atoms with Crippen LogP contribution in [0.1, 0.15) is 34.6 Å². The Balaban J connectivity index is 1.11. The Bertz CT molecular complexity index is 3040. The third kappa shape index (κ3) is 8.19. The number of hydrogen-bond donors (Lipinski definition) is 4. The van der Waals surface area contributed by atoms with E-state index < -0.39 is 144 Å². The molecule has 2 aromatic carbocycles. The van der Waals surface area contributed by atoms with Crippen LogP contribution in [0.4, 0.5) is 49.4 Å². The van der Waals surface area contributed by atoms with Gasteiger partial charge in [-0.15, -0.1) is 0 Å². The molecule has 336 valence electrons. The van der Waals surface area contributed by atoms with Crippen LogP contribution in [0.15, 0.2) is 46.2 Å². The lowest BCUT2D eigenvalue weighted by molar-refractivity contribution is -0.0161. The number of esters is 2. The van der Waals surface area contributed by atoms with Crippen molar-refractivity contribution in [3.05, 3.63) is 113 Å². The molecule has 0 bridgehead atoms. The molecule has 0 saturated carbocycles. The molecule has 1 aliphatic rings. The summed E-state index contributed by atoms with van der Waals surface area (Å²) in [6.45, 7) is 1.72. The molecule has 16 nitrogen and oxygen atoms in total. The zero-order chi connectivity index (χ0) is 46.5. The molecule has 0 spiro atoms. The zero-order valence-corrected chi connectivity index (χ0v) is 34.6. The number of benzene rings is 2. The molecule has 24 heteroatoms. The summed E-state index contributed by atoms with van der Waals surface area (Å²) in [7, 11) is 0. The number of ether oxygens (including phenoxy) is 3. The number of aromatic nitrogens is 4. The van der Waals surface area contributed by atoms with Gasteiger partial charge in [-0.1, -0.05) is 23.2 Å². The molecule has 4 aromatic heterocycles. The van der Waals surface area contributed by atoms with Crippen molar-refractivity contribution in [1.82, 2.24) is 19.1 Å². The molecule has 6 aromatic rings. The Kier molecular flexibility index (Phi) is 12.7. The van der Waals surface area contributed by atoms with Crippen LogP contribution in [0, 0.1) is 34.9 Å².